The summed E-state index contributed by atoms with van der Waals surface area (Å²) in [4.78, 5) is 4.44. The van der Waals surface area contributed by atoms with Crippen molar-refractivity contribution >= 4 is 11.3 Å². The van der Waals surface area contributed by atoms with Crippen LogP contribution in [0.2, 0.25) is 0 Å². The second kappa shape index (κ2) is 5.44. The number of hydrogen-bond acceptors (Lipinski definition) is 4. The second-order valence-corrected chi connectivity index (χ2v) is 4.58. The molecule has 0 radical (unpaired) electrons. The minimum atomic E-state index is 0.211. The Morgan fingerprint density at radius 1 is 1.57 bits per heavy atom. The predicted molar refractivity (Wildman–Crippen MR) is 59.7 cm³/mol. The zero-order chi connectivity index (χ0) is 10.6. The molecule has 4 heteroatoms. The molecule has 0 saturated carbocycles. The van der Waals surface area contributed by atoms with Gasteiger partial charge in [-0.15, -0.1) is 11.3 Å². The standard InChI is InChI=1S/C10H18N2OS/c1-7(2)13-5-9(11-4)10-6-14-8(3)12-10/h6-7,9,11H,5H2,1-4H3. The van der Waals surface area contributed by atoms with Gasteiger partial charge in [0.25, 0.3) is 0 Å². The molecule has 14 heavy (non-hydrogen) atoms. The number of rotatable bonds is 5. The van der Waals surface area contributed by atoms with E-state index < -0.39 is 0 Å². The molecule has 0 fully saturated rings. The van der Waals surface area contributed by atoms with Crippen molar-refractivity contribution in [3.63, 3.8) is 0 Å². The van der Waals surface area contributed by atoms with Gasteiger partial charge in [-0.25, -0.2) is 4.98 Å². The van der Waals surface area contributed by atoms with E-state index in [1.165, 1.54) is 0 Å². The number of aryl methyl sites for hydroxylation is 1. The highest BCUT2D eigenvalue weighted by Crippen LogP contribution is 2.16. The molecule has 1 aromatic rings. The topological polar surface area (TPSA) is 34.1 Å². The summed E-state index contributed by atoms with van der Waals surface area (Å²) >= 11 is 1.68. The SMILES string of the molecule is CNC(COC(C)C)c1csc(C)n1. The molecule has 0 aromatic carbocycles. The highest BCUT2D eigenvalue weighted by Gasteiger charge is 2.12. The van der Waals surface area contributed by atoms with Gasteiger partial charge >= 0.3 is 0 Å². The zero-order valence-corrected chi connectivity index (χ0v) is 10.0. The van der Waals surface area contributed by atoms with Gasteiger partial charge in [-0.3, -0.25) is 0 Å². The summed E-state index contributed by atoms with van der Waals surface area (Å²) in [6.07, 6.45) is 0.269. The van der Waals surface area contributed by atoms with E-state index in [-0.39, 0.29) is 12.1 Å². The molecule has 0 spiro atoms. The molecule has 0 aliphatic rings. The van der Waals surface area contributed by atoms with Crippen molar-refractivity contribution in [2.75, 3.05) is 13.7 Å². The molecule has 1 rings (SSSR count). The molecule has 0 amide bonds. The van der Waals surface area contributed by atoms with Crippen molar-refractivity contribution in [3.05, 3.63) is 16.1 Å². The number of nitrogens with zero attached hydrogens (tertiary/aromatic N) is 1. The predicted octanol–water partition coefficient (Wildman–Crippen LogP) is 2.14. The molecule has 1 N–H and O–H groups in total. The number of likely N-dealkylation sites (N-methyl/N-ethyl adjacent to an activating group) is 1. The summed E-state index contributed by atoms with van der Waals surface area (Å²) in [5.74, 6) is 0. The van der Waals surface area contributed by atoms with Gasteiger partial charge in [0, 0.05) is 5.38 Å². The molecule has 1 atom stereocenters. The minimum Gasteiger partial charge on any atom is -0.377 e. The molecule has 80 valence electrons. The average molecular weight is 214 g/mol. The lowest BCUT2D eigenvalue weighted by molar-refractivity contribution is 0.0619. The number of ether oxygens (including phenoxy) is 1. The Bertz CT molecular complexity index is 273. The third kappa shape index (κ3) is 3.36. The molecule has 0 aliphatic heterocycles. The van der Waals surface area contributed by atoms with Gasteiger partial charge in [0.1, 0.15) is 0 Å². The van der Waals surface area contributed by atoms with Gasteiger partial charge in [-0.05, 0) is 27.8 Å². The normalized spacial score (nSPS) is 13.5. The number of hydrogen-bond donors (Lipinski definition) is 1. The Morgan fingerprint density at radius 3 is 2.71 bits per heavy atom. The van der Waals surface area contributed by atoms with E-state index in [0.717, 1.165) is 10.7 Å². The van der Waals surface area contributed by atoms with Crippen molar-refractivity contribution in [1.29, 1.82) is 0 Å². The molecular formula is C10H18N2OS. The van der Waals surface area contributed by atoms with E-state index in [4.69, 9.17) is 4.74 Å². The van der Waals surface area contributed by atoms with E-state index in [1.807, 2.05) is 27.8 Å². The fraction of sp³-hybridized carbons (Fsp3) is 0.700. The zero-order valence-electron chi connectivity index (χ0n) is 9.20. The third-order valence-corrected chi connectivity index (χ3v) is 2.73. The first-order valence-corrected chi connectivity index (χ1v) is 5.72. The van der Waals surface area contributed by atoms with Crippen LogP contribution in [0.25, 0.3) is 0 Å². The summed E-state index contributed by atoms with van der Waals surface area (Å²) in [7, 11) is 1.93. The van der Waals surface area contributed by atoms with Gasteiger partial charge in [0.05, 0.1) is 29.5 Å². The molecule has 1 heterocycles. The van der Waals surface area contributed by atoms with Gasteiger partial charge in [-0.1, -0.05) is 0 Å². The Hall–Kier alpha value is -0.450. The van der Waals surface area contributed by atoms with Crippen LogP contribution in [0.5, 0.6) is 0 Å². The monoisotopic (exact) mass is 214 g/mol. The van der Waals surface area contributed by atoms with Gasteiger partial charge < -0.3 is 10.1 Å². The van der Waals surface area contributed by atoms with E-state index in [0.29, 0.717) is 6.61 Å². The maximum atomic E-state index is 5.56. The van der Waals surface area contributed by atoms with Gasteiger partial charge in [0.2, 0.25) is 0 Å². The lowest BCUT2D eigenvalue weighted by Crippen LogP contribution is -2.23. The maximum Gasteiger partial charge on any atom is 0.0898 e. The van der Waals surface area contributed by atoms with Crippen molar-refractivity contribution in [2.45, 2.75) is 32.9 Å². The van der Waals surface area contributed by atoms with Crippen LogP contribution in [0.15, 0.2) is 5.38 Å². The van der Waals surface area contributed by atoms with Crippen LogP contribution in [0.3, 0.4) is 0 Å². The van der Waals surface area contributed by atoms with Crippen LogP contribution < -0.4 is 5.32 Å². The first-order valence-electron chi connectivity index (χ1n) is 4.84. The molecule has 0 bridgehead atoms. The number of aromatic nitrogens is 1. The second-order valence-electron chi connectivity index (χ2n) is 3.51. The average Bonchev–Trinajstić information content (AvgIpc) is 2.53. The Kier molecular flexibility index (Phi) is 4.51. The number of nitrogens with one attached hydrogen (secondary N) is 1. The fourth-order valence-electron chi connectivity index (χ4n) is 1.15. The molecule has 3 nitrogen and oxygen atoms in total. The lowest BCUT2D eigenvalue weighted by atomic mass is 10.2. The summed E-state index contributed by atoms with van der Waals surface area (Å²) in [5, 5.41) is 6.39. The van der Waals surface area contributed by atoms with Crippen LogP contribution in [0.4, 0.5) is 0 Å². The van der Waals surface area contributed by atoms with Crippen molar-refractivity contribution in [1.82, 2.24) is 10.3 Å². The fourth-order valence-corrected chi connectivity index (χ4v) is 1.81. The molecule has 1 unspecified atom stereocenters. The third-order valence-electron chi connectivity index (χ3n) is 1.94. The van der Waals surface area contributed by atoms with E-state index in [9.17, 15) is 0 Å². The van der Waals surface area contributed by atoms with Crippen LogP contribution in [-0.4, -0.2) is 24.7 Å². The molecule has 0 aliphatic carbocycles. The Morgan fingerprint density at radius 2 is 2.29 bits per heavy atom. The molecule has 1 aromatic heterocycles. The number of thiazole rings is 1. The highest BCUT2D eigenvalue weighted by molar-refractivity contribution is 7.09. The van der Waals surface area contributed by atoms with Gasteiger partial charge in [-0.2, -0.15) is 0 Å². The summed E-state index contributed by atoms with van der Waals surface area (Å²) in [6.45, 7) is 6.78. The summed E-state index contributed by atoms with van der Waals surface area (Å²) in [5.41, 5.74) is 1.08. The Labute approximate surface area is 89.5 Å². The smallest absolute Gasteiger partial charge is 0.0898 e. The van der Waals surface area contributed by atoms with Crippen molar-refractivity contribution in [2.24, 2.45) is 0 Å². The first kappa shape index (κ1) is 11.6. The van der Waals surface area contributed by atoms with Crippen LogP contribution in [-0.2, 0) is 4.74 Å². The minimum absolute atomic E-state index is 0.211. The molecular weight excluding hydrogens is 196 g/mol. The summed E-state index contributed by atoms with van der Waals surface area (Å²) < 4.78 is 5.56. The van der Waals surface area contributed by atoms with E-state index >= 15 is 0 Å². The van der Waals surface area contributed by atoms with Crippen molar-refractivity contribution in [3.8, 4) is 0 Å². The first-order chi connectivity index (χ1) is 6.63. The van der Waals surface area contributed by atoms with E-state index in [2.05, 4.69) is 15.7 Å². The lowest BCUT2D eigenvalue weighted by Gasteiger charge is -2.15. The summed E-state index contributed by atoms with van der Waals surface area (Å²) in [6, 6.07) is 0.211. The highest BCUT2D eigenvalue weighted by atomic mass is 32.1. The van der Waals surface area contributed by atoms with E-state index in [1.54, 1.807) is 11.3 Å². The molecule has 0 saturated heterocycles. The van der Waals surface area contributed by atoms with Crippen LogP contribution in [0.1, 0.15) is 30.6 Å². The largest absolute Gasteiger partial charge is 0.377 e. The van der Waals surface area contributed by atoms with Gasteiger partial charge in [0.15, 0.2) is 0 Å². The van der Waals surface area contributed by atoms with Crippen LogP contribution in [0, 0.1) is 6.92 Å². The van der Waals surface area contributed by atoms with Crippen LogP contribution >= 0.6 is 11.3 Å². The Balaban J connectivity index is 2.54. The quantitative estimate of drug-likeness (QED) is 0.815. The maximum absolute atomic E-state index is 5.56. The van der Waals surface area contributed by atoms with Crippen molar-refractivity contribution < 1.29 is 4.74 Å².